The molecule has 27 nitrogen and oxygen atoms in total. The molecule has 0 unspecified atom stereocenters. The average molecular weight is 1780 g/mol. The lowest BCUT2D eigenvalue weighted by molar-refractivity contribution is 0.0592. The lowest BCUT2D eigenvalue weighted by atomic mass is 10.0. The largest absolute Gasteiger partial charge is 0.465 e. The van der Waals surface area contributed by atoms with Crippen molar-refractivity contribution in [1.29, 1.82) is 0 Å². The second-order valence-electron chi connectivity index (χ2n) is 31.9. The highest BCUT2D eigenvalue weighted by Gasteiger charge is 2.31. The molecule has 16 rings (SSSR count). The van der Waals surface area contributed by atoms with Crippen LogP contribution in [0.1, 0.15) is 167 Å². The molecule has 0 radical (unpaired) electrons. The van der Waals surface area contributed by atoms with Crippen molar-refractivity contribution in [3.05, 3.63) is 301 Å². The van der Waals surface area contributed by atoms with Crippen LogP contribution < -0.4 is 33.2 Å². The number of hydrogen-bond donors (Lipinski definition) is 8. The van der Waals surface area contributed by atoms with Gasteiger partial charge in [-0.2, -0.15) is 0 Å². The Labute approximate surface area is 766 Å². The van der Waals surface area contributed by atoms with Gasteiger partial charge in [0.2, 0.25) is 0 Å². The van der Waals surface area contributed by atoms with Crippen LogP contribution in [0.5, 0.6) is 0 Å². The van der Waals surface area contributed by atoms with E-state index in [1.807, 2.05) is 140 Å². The van der Waals surface area contributed by atoms with Crippen molar-refractivity contribution in [3.63, 3.8) is 0 Å². The van der Waals surface area contributed by atoms with Crippen molar-refractivity contribution in [1.82, 2.24) is 59.6 Å². The number of ether oxygens (including phenoxy) is 4. The van der Waals surface area contributed by atoms with Crippen LogP contribution >= 0.6 is 11.6 Å². The smallest absolute Gasteiger partial charge is 0.337 e. The fourth-order valence-electron chi connectivity index (χ4n) is 16.1. The van der Waals surface area contributed by atoms with Crippen LogP contribution in [0.2, 0.25) is 5.15 Å². The summed E-state index contributed by atoms with van der Waals surface area (Å²) in [5.41, 5.74) is 36.6. The molecule has 0 bridgehead atoms. The number of hydrogen-bond acceptors (Lipinski definition) is 26. The molecule has 3 aliphatic carbocycles. The summed E-state index contributed by atoms with van der Waals surface area (Å²) in [6.45, 7) is 10.6. The van der Waals surface area contributed by atoms with Crippen LogP contribution in [0.15, 0.2) is 194 Å². The molecule has 0 spiro atoms. The van der Waals surface area contributed by atoms with Crippen molar-refractivity contribution in [2.24, 2.45) is 17.2 Å². The van der Waals surface area contributed by atoms with Gasteiger partial charge in [0, 0.05) is 99.3 Å². The van der Waals surface area contributed by atoms with E-state index in [1.54, 1.807) is 18.2 Å². The van der Waals surface area contributed by atoms with E-state index in [0.29, 0.717) is 84.0 Å². The number of anilines is 3. The molecule has 5 heterocycles. The summed E-state index contributed by atoms with van der Waals surface area (Å²) in [7, 11) is 12.9. The molecule has 8 aromatic carbocycles. The number of nitrogens with one attached hydrogen (secondary N) is 4. The first kappa shape index (κ1) is 97.8. The Bertz CT molecular complexity index is 5930. The molecule has 13 aromatic rings. The van der Waals surface area contributed by atoms with Gasteiger partial charge < -0.3 is 76.9 Å². The molecule has 0 saturated heterocycles. The summed E-state index contributed by atoms with van der Waals surface area (Å²) < 4.78 is 19.6. The van der Waals surface area contributed by atoms with E-state index in [0.717, 1.165) is 259 Å². The number of nitrogens with two attached hydrogens (primary N) is 3. The molecular formula is C102H121ClN18O9. The first-order chi connectivity index (χ1) is 62.9. The number of aromatic nitrogens is 9. The molecule has 0 saturated carbocycles. The maximum atomic E-state index is 12.3. The highest BCUT2D eigenvalue weighted by Crippen LogP contribution is 2.44. The van der Waals surface area contributed by atoms with Gasteiger partial charge >= 0.3 is 23.9 Å². The number of halogens is 1. The Hall–Kier alpha value is -12.8. The van der Waals surface area contributed by atoms with Crippen LogP contribution in [0.4, 0.5) is 17.5 Å². The van der Waals surface area contributed by atoms with Crippen molar-refractivity contribution < 1.29 is 43.2 Å². The normalized spacial score (nSPS) is 11.5. The third kappa shape index (κ3) is 26.0. The van der Waals surface area contributed by atoms with Crippen molar-refractivity contribution >= 4 is 74.9 Å². The monoisotopic (exact) mass is 1780 g/mol. The topological polar surface area (TPSA) is 368 Å². The van der Waals surface area contributed by atoms with Gasteiger partial charge in [-0.05, 0) is 223 Å². The minimum atomic E-state index is -0.386. The number of esters is 4. The van der Waals surface area contributed by atoms with E-state index in [4.69, 9.17) is 87.7 Å². The minimum absolute atomic E-state index is 0. The van der Waals surface area contributed by atoms with E-state index < -0.39 is 0 Å². The zero-order valence-electron chi connectivity index (χ0n) is 74.9. The van der Waals surface area contributed by atoms with Crippen molar-refractivity contribution in [2.45, 2.75) is 90.9 Å². The standard InChI is InChI=1S/C46H46N8O4.C27H33N5O2.C20H15ClN2O2.C7H19N3.CH4O.CH4/c1-54(22-10-20-47-42-40-34-18-16-31(45(55)57-2)26-33(34)28-37(40)49-38(51-42)24-29-12-6-4-7-13-29)23-11-21-48-43-41-35-19-17-32(46(56)58-3)27-36(35)50-44(41)53-39(52-43)25-30-14-8-5-9-15-30;1-32(14-6-12-28)15-7-13-29-26-25-22-11-10-20(27(33)34-2)17-21(22)18-23(25)30-24(31-26)16-19-8-4-3-5-9-19;1-25-20(24)13-7-8-15-14(10-13)11-16-18(15)19(21)23-17(22-16)9-12-5-3-2-4-6-12;1-10(6-2-4-8)7-3-5-9;1-2;/h4-9,12-19,26-27H,10-11,20-25,28H2,1-3H3,(H,47,49,51)(H2,48,50,52,53);3-5,8-11,17H,6-7,12-16,18,28H2,1-2H3,(H,29,30,31);2-8,10H,9,11H2,1H3;2-9H2,1H3;2H,1H3;1H4. The van der Waals surface area contributed by atoms with Crippen molar-refractivity contribution in [2.75, 3.05) is 151 Å². The molecule has 0 aliphatic heterocycles. The predicted molar refractivity (Wildman–Crippen MR) is 517 cm³/mol. The fraction of sp³-hybridized carbons (Fsp3) is 0.333. The first-order valence-electron chi connectivity index (χ1n) is 43.8. The van der Waals surface area contributed by atoms with Crippen molar-refractivity contribution in [3.8, 4) is 33.4 Å². The van der Waals surface area contributed by atoms with Gasteiger partial charge in [0.1, 0.15) is 51.6 Å². The maximum absolute atomic E-state index is 12.3. The van der Waals surface area contributed by atoms with Gasteiger partial charge in [-0.25, -0.2) is 59.0 Å². The number of carbonyl (C=O) groups excluding carboxylic acids is 4. The molecule has 3 aliphatic rings. The van der Waals surface area contributed by atoms with E-state index in [9.17, 15) is 19.2 Å². The summed E-state index contributed by atoms with van der Waals surface area (Å²) in [6.07, 6.45) is 10.5. The Balaban J connectivity index is 0.000000191. The molecule has 130 heavy (non-hydrogen) atoms. The van der Waals surface area contributed by atoms with Gasteiger partial charge in [-0.15, -0.1) is 0 Å². The predicted octanol–water partition coefficient (Wildman–Crippen LogP) is 14.9. The number of carbonyl (C=O) groups is 4. The highest BCUT2D eigenvalue weighted by atomic mass is 35.5. The first-order valence-corrected chi connectivity index (χ1v) is 44.2. The van der Waals surface area contributed by atoms with Crippen LogP contribution in [0.25, 0.3) is 55.3 Å². The fourth-order valence-corrected chi connectivity index (χ4v) is 16.4. The number of aliphatic hydroxyl groups excluding tert-OH is 1. The summed E-state index contributed by atoms with van der Waals surface area (Å²) in [4.78, 5) is 97.6. The van der Waals surface area contributed by atoms with E-state index in [2.05, 4.69) is 98.2 Å². The van der Waals surface area contributed by atoms with Gasteiger partial charge in [0.25, 0.3) is 0 Å². The minimum Gasteiger partial charge on any atom is -0.465 e. The molecule has 0 atom stereocenters. The number of methoxy groups -OCH3 is 4. The molecule has 11 N–H and O–H groups in total. The number of H-pyrrole nitrogens is 1. The quantitative estimate of drug-likeness (QED) is 0.00782. The molecular weight excluding hydrogens is 1660 g/mol. The van der Waals surface area contributed by atoms with Crippen LogP contribution in [-0.2, 0) is 63.9 Å². The van der Waals surface area contributed by atoms with Gasteiger partial charge in [-0.1, -0.05) is 165 Å². The molecule has 0 fully saturated rings. The van der Waals surface area contributed by atoms with E-state index in [-0.39, 0.29) is 31.3 Å². The molecule has 5 aromatic heterocycles. The SMILES string of the molecule is C.CN(CCCN)CCCN.CO.COC(=O)c1ccc2c(c1)Cc1nc(Cc3ccccc3)nc(Cl)c1-2.COC(=O)c1ccc2c(c1)Cc1nc(Cc3ccccc3)nc(NCCCN(C)CCCN)c1-2.COC(=O)c1ccc2c(c1)Cc1nc(Cc3ccccc3)nc(NCCCN(C)CCCNc3nc(Cc4ccccc4)nc4[nH]c5cc(C(=O)OC)ccc5c34)c1-2. The Kier molecular flexibility index (Phi) is 36.9. The lowest BCUT2D eigenvalue weighted by Crippen LogP contribution is -2.24. The van der Waals surface area contributed by atoms with Crippen LogP contribution in [-0.4, -0.2) is 224 Å². The number of rotatable bonds is 36. The highest BCUT2D eigenvalue weighted by molar-refractivity contribution is 6.32. The summed E-state index contributed by atoms with van der Waals surface area (Å²) in [6, 6.07) is 63.2. The molecule has 0 amide bonds. The Morgan fingerprint density at radius 2 is 0.685 bits per heavy atom. The Morgan fingerprint density at radius 3 is 1.04 bits per heavy atom. The number of aliphatic hydroxyl groups is 1. The summed E-state index contributed by atoms with van der Waals surface area (Å²) in [5.74, 6) is 4.04. The van der Waals surface area contributed by atoms with E-state index in [1.165, 1.54) is 34.0 Å². The number of fused-ring (bicyclic) bond motifs is 12. The molecule has 680 valence electrons. The zero-order chi connectivity index (χ0) is 91.1. The number of benzene rings is 8. The Morgan fingerprint density at radius 1 is 0.385 bits per heavy atom. The zero-order valence-corrected chi connectivity index (χ0v) is 75.7. The maximum Gasteiger partial charge on any atom is 0.337 e. The third-order valence-electron chi connectivity index (χ3n) is 22.5. The van der Waals surface area contributed by atoms with Gasteiger partial charge in [0.15, 0.2) is 0 Å². The average Bonchev–Trinajstić information content (AvgIpc) is 1.62. The third-order valence-corrected chi connectivity index (χ3v) is 22.8. The number of nitrogens with zero attached hydrogens (tertiary/aromatic N) is 11. The van der Waals surface area contributed by atoms with E-state index >= 15 is 0 Å². The molecule has 28 heteroatoms. The summed E-state index contributed by atoms with van der Waals surface area (Å²) >= 11 is 6.46. The number of aromatic amines is 1. The van der Waals surface area contributed by atoms with Gasteiger partial charge in [0.05, 0.1) is 73.2 Å². The second kappa shape index (κ2) is 49.1. The van der Waals surface area contributed by atoms with Crippen LogP contribution in [0, 0.1) is 0 Å². The second-order valence-corrected chi connectivity index (χ2v) is 32.3. The van der Waals surface area contributed by atoms with Gasteiger partial charge in [-0.3, -0.25) is 0 Å². The van der Waals surface area contributed by atoms with Crippen LogP contribution in [0.3, 0.4) is 0 Å². The lowest BCUT2D eigenvalue weighted by Gasteiger charge is -2.18. The summed E-state index contributed by atoms with van der Waals surface area (Å²) in [5, 5.41) is 20.1.